The highest BCUT2D eigenvalue weighted by Crippen LogP contribution is 2.22. The minimum atomic E-state index is -0.608. The van der Waals surface area contributed by atoms with Crippen LogP contribution in [0, 0.1) is 0 Å². The average Bonchev–Trinajstić information content (AvgIpc) is 2.57. The van der Waals surface area contributed by atoms with Crippen LogP contribution in [0.3, 0.4) is 0 Å². The summed E-state index contributed by atoms with van der Waals surface area (Å²) in [5.74, 6) is -0.522. The molecule has 0 unspecified atom stereocenters. The maximum atomic E-state index is 11.3. The van der Waals surface area contributed by atoms with Gasteiger partial charge in [0.2, 0.25) is 10.7 Å². The lowest BCUT2D eigenvalue weighted by molar-refractivity contribution is 0.1000. The van der Waals surface area contributed by atoms with Gasteiger partial charge >= 0.3 is 0 Å². The molecule has 0 radical (unpaired) electrons. The van der Waals surface area contributed by atoms with Gasteiger partial charge in [-0.15, -0.1) is 5.10 Å². The molecule has 0 atom stereocenters. The molecule has 0 aliphatic heterocycles. The van der Waals surface area contributed by atoms with E-state index in [0.717, 1.165) is 0 Å². The average molecular weight is 317 g/mol. The SMILES string of the molecule is NC(=O)c1cc(Cl)ccc1-n1nc(N)nc1Br. The van der Waals surface area contributed by atoms with Crippen LogP contribution in [0.2, 0.25) is 5.02 Å². The Balaban J connectivity index is 2.67. The molecule has 0 bridgehead atoms. The summed E-state index contributed by atoms with van der Waals surface area (Å²) in [5.41, 5.74) is 11.4. The molecule has 88 valence electrons. The minimum Gasteiger partial charge on any atom is -0.366 e. The number of hydrogen-bond acceptors (Lipinski definition) is 4. The molecule has 0 spiro atoms. The zero-order valence-electron chi connectivity index (χ0n) is 8.39. The largest absolute Gasteiger partial charge is 0.366 e. The lowest BCUT2D eigenvalue weighted by Gasteiger charge is -2.07. The Morgan fingerprint density at radius 3 is 2.71 bits per heavy atom. The summed E-state index contributed by atoms with van der Waals surface area (Å²) in [7, 11) is 0. The molecule has 17 heavy (non-hydrogen) atoms. The maximum absolute atomic E-state index is 11.3. The number of nitrogen functional groups attached to an aromatic ring is 1. The summed E-state index contributed by atoms with van der Waals surface area (Å²) >= 11 is 8.98. The first-order valence-electron chi connectivity index (χ1n) is 4.47. The summed E-state index contributed by atoms with van der Waals surface area (Å²) in [4.78, 5) is 15.2. The van der Waals surface area contributed by atoms with Gasteiger partial charge in [0.15, 0.2) is 0 Å². The lowest BCUT2D eigenvalue weighted by Crippen LogP contribution is -2.15. The first kappa shape index (κ1) is 11.9. The second kappa shape index (κ2) is 4.34. The van der Waals surface area contributed by atoms with Crippen LogP contribution in [-0.4, -0.2) is 20.7 Å². The molecule has 6 nitrogen and oxygen atoms in total. The third kappa shape index (κ3) is 2.25. The van der Waals surface area contributed by atoms with Crippen molar-refractivity contribution in [2.45, 2.75) is 0 Å². The molecule has 1 heterocycles. The van der Waals surface area contributed by atoms with Crippen molar-refractivity contribution in [2.24, 2.45) is 5.73 Å². The summed E-state index contributed by atoms with van der Waals surface area (Å²) in [6.45, 7) is 0. The topological polar surface area (TPSA) is 99.8 Å². The number of benzene rings is 1. The van der Waals surface area contributed by atoms with Crippen LogP contribution in [0.1, 0.15) is 10.4 Å². The van der Waals surface area contributed by atoms with Gasteiger partial charge in [-0.3, -0.25) is 4.79 Å². The van der Waals surface area contributed by atoms with Gasteiger partial charge < -0.3 is 11.5 Å². The number of anilines is 1. The molecule has 0 aliphatic carbocycles. The Bertz CT molecular complexity index is 597. The number of nitrogens with zero attached hydrogens (tertiary/aromatic N) is 3. The van der Waals surface area contributed by atoms with Gasteiger partial charge in [0.1, 0.15) is 0 Å². The summed E-state index contributed by atoms with van der Waals surface area (Å²) < 4.78 is 1.74. The predicted octanol–water partition coefficient (Wildman–Crippen LogP) is 1.36. The van der Waals surface area contributed by atoms with Crippen LogP contribution in [-0.2, 0) is 0 Å². The van der Waals surface area contributed by atoms with Gasteiger partial charge in [0, 0.05) is 5.02 Å². The van der Waals surface area contributed by atoms with Gasteiger partial charge in [-0.05, 0) is 34.1 Å². The van der Waals surface area contributed by atoms with Crippen LogP contribution in [0.4, 0.5) is 5.95 Å². The van der Waals surface area contributed by atoms with Crippen molar-refractivity contribution in [2.75, 3.05) is 5.73 Å². The minimum absolute atomic E-state index is 0.0854. The van der Waals surface area contributed by atoms with Crippen molar-refractivity contribution in [3.05, 3.63) is 33.5 Å². The Morgan fingerprint density at radius 2 is 2.18 bits per heavy atom. The zero-order chi connectivity index (χ0) is 12.6. The van der Waals surface area contributed by atoms with Crippen molar-refractivity contribution in [3.63, 3.8) is 0 Å². The normalized spacial score (nSPS) is 10.5. The molecular formula is C9H7BrClN5O. The molecular weight excluding hydrogens is 309 g/mol. The van der Waals surface area contributed by atoms with E-state index in [9.17, 15) is 4.79 Å². The second-order valence-electron chi connectivity index (χ2n) is 3.18. The highest BCUT2D eigenvalue weighted by Gasteiger charge is 2.15. The van der Waals surface area contributed by atoms with E-state index in [0.29, 0.717) is 15.4 Å². The lowest BCUT2D eigenvalue weighted by atomic mass is 10.1. The van der Waals surface area contributed by atoms with E-state index in [1.807, 2.05) is 0 Å². The molecule has 1 amide bonds. The monoisotopic (exact) mass is 315 g/mol. The first-order valence-corrected chi connectivity index (χ1v) is 5.64. The summed E-state index contributed by atoms with van der Waals surface area (Å²) in [6.07, 6.45) is 0. The highest BCUT2D eigenvalue weighted by molar-refractivity contribution is 9.10. The maximum Gasteiger partial charge on any atom is 0.250 e. The van der Waals surface area contributed by atoms with E-state index in [1.165, 1.54) is 10.7 Å². The fourth-order valence-corrected chi connectivity index (χ4v) is 1.98. The number of carbonyl (C=O) groups is 1. The molecule has 2 aromatic rings. The van der Waals surface area contributed by atoms with E-state index in [1.54, 1.807) is 12.1 Å². The quantitative estimate of drug-likeness (QED) is 0.873. The van der Waals surface area contributed by atoms with Crippen LogP contribution in [0.5, 0.6) is 0 Å². The van der Waals surface area contributed by atoms with E-state index in [2.05, 4.69) is 26.0 Å². The van der Waals surface area contributed by atoms with Crippen molar-refractivity contribution >= 4 is 39.4 Å². The van der Waals surface area contributed by atoms with Crippen molar-refractivity contribution in [1.82, 2.24) is 14.8 Å². The molecule has 0 saturated heterocycles. The van der Waals surface area contributed by atoms with Gasteiger partial charge in [0.05, 0.1) is 11.3 Å². The highest BCUT2D eigenvalue weighted by atomic mass is 79.9. The Hall–Kier alpha value is -1.60. The summed E-state index contributed by atoms with van der Waals surface area (Å²) in [5, 5.41) is 4.35. The number of halogens is 2. The van der Waals surface area contributed by atoms with Crippen molar-refractivity contribution in [1.29, 1.82) is 0 Å². The van der Waals surface area contributed by atoms with E-state index in [-0.39, 0.29) is 11.5 Å². The molecule has 0 saturated carbocycles. The van der Waals surface area contributed by atoms with Crippen molar-refractivity contribution in [3.8, 4) is 5.69 Å². The van der Waals surface area contributed by atoms with Gasteiger partial charge in [-0.2, -0.15) is 4.98 Å². The Labute approximate surface area is 110 Å². The zero-order valence-corrected chi connectivity index (χ0v) is 10.7. The fourth-order valence-electron chi connectivity index (χ4n) is 1.35. The molecule has 8 heteroatoms. The van der Waals surface area contributed by atoms with Gasteiger partial charge in [0.25, 0.3) is 5.91 Å². The predicted molar refractivity (Wildman–Crippen MR) is 67.0 cm³/mol. The van der Waals surface area contributed by atoms with E-state index >= 15 is 0 Å². The number of carbonyl (C=O) groups excluding carboxylic acids is 1. The van der Waals surface area contributed by atoms with Crippen molar-refractivity contribution < 1.29 is 4.79 Å². The molecule has 4 N–H and O–H groups in total. The number of hydrogen-bond donors (Lipinski definition) is 2. The molecule has 0 aliphatic rings. The number of amides is 1. The number of rotatable bonds is 2. The fraction of sp³-hybridized carbons (Fsp3) is 0. The van der Waals surface area contributed by atoms with Crippen LogP contribution in [0.25, 0.3) is 5.69 Å². The molecule has 1 aromatic carbocycles. The summed E-state index contributed by atoms with van der Waals surface area (Å²) in [6, 6.07) is 4.69. The third-order valence-corrected chi connectivity index (χ3v) is 2.78. The number of nitrogens with two attached hydrogens (primary N) is 2. The molecule has 0 fully saturated rings. The van der Waals surface area contributed by atoms with E-state index in [4.69, 9.17) is 23.1 Å². The number of aromatic nitrogens is 3. The smallest absolute Gasteiger partial charge is 0.250 e. The van der Waals surface area contributed by atoms with Crippen LogP contribution < -0.4 is 11.5 Å². The van der Waals surface area contributed by atoms with E-state index < -0.39 is 5.91 Å². The van der Waals surface area contributed by atoms with Crippen LogP contribution >= 0.6 is 27.5 Å². The molecule has 2 rings (SSSR count). The Morgan fingerprint density at radius 1 is 1.47 bits per heavy atom. The van der Waals surface area contributed by atoms with Gasteiger partial charge in [-0.1, -0.05) is 11.6 Å². The van der Waals surface area contributed by atoms with Crippen LogP contribution in [0.15, 0.2) is 22.9 Å². The Kier molecular flexibility index (Phi) is 3.03. The van der Waals surface area contributed by atoms with Gasteiger partial charge in [-0.25, -0.2) is 4.68 Å². The third-order valence-electron chi connectivity index (χ3n) is 2.04. The number of primary amides is 1. The second-order valence-corrected chi connectivity index (χ2v) is 4.32. The molecule has 1 aromatic heterocycles. The standard InChI is InChI=1S/C9H7BrClN5O/c10-8-14-9(13)15-16(8)6-2-1-4(11)3-5(6)7(12)17/h1-3H,(H2,12,17)(H2,13,15). The first-order chi connectivity index (χ1) is 7.99.